The number of carbonyl (C=O) groups is 1. The fourth-order valence-corrected chi connectivity index (χ4v) is 2.57. The highest BCUT2D eigenvalue weighted by atomic mass is 16.4. The highest BCUT2D eigenvalue weighted by Gasteiger charge is 2.45. The average molecular weight is 219 g/mol. The van der Waals surface area contributed by atoms with E-state index in [1.54, 1.807) is 0 Å². The molecule has 2 atom stereocenters. The van der Waals surface area contributed by atoms with Gasteiger partial charge < -0.3 is 10.8 Å². The Balaban J connectivity index is 2.13. The van der Waals surface area contributed by atoms with Crippen molar-refractivity contribution < 1.29 is 9.90 Å². The largest absolute Gasteiger partial charge is 0.480 e. The molecule has 0 heterocycles. The zero-order chi connectivity index (χ0) is 11.6. The fraction of sp³-hybridized carbons (Fsp3) is 0.462. The van der Waals surface area contributed by atoms with E-state index in [1.807, 2.05) is 30.3 Å². The smallest absolute Gasteiger partial charge is 0.323 e. The number of benzene rings is 1. The molecule has 2 rings (SSSR count). The summed E-state index contributed by atoms with van der Waals surface area (Å²) in [7, 11) is 0. The molecule has 86 valence electrons. The Morgan fingerprint density at radius 3 is 2.75 bits per heavy atom. The molecule has 0 unspecified atom stereocenters. The molecule has 0 saturated heterocycles. The van der Waals surface area contributed by atoms with Gasteiger partial charge >= 0.3 is 5.97 Å². The highest BCUT2D eigenvalue weighted by molar-refractivity contribution is 5.79. The van der Waals surface area contributed by atoms with Crippen LogP contribution >= 0.6 is 0 Å². The second-order valence-electron chi connectivity index (χ2n) is 4.62. The summed E-state index contributed by atoms with van der Waals surface area (Å²) in [5, 5.41) is 9.20. The zero-order valence-electron chi connectivity index (χ0n) is 9.23. The molecule has 1 aromatic carbocycles. The number of nitrogens with two attached hydrogens (primary N) is 1. The summed E-state index contributed by atoms with van der Waals surface area (Å²) in [6, 6.07) is 9.97. The minimum Gasteiger partial charge on any atom is -0.480 e. The van der Waals surface area contributed by atoms with Crippen LogP contribution in [-0.4, -0.2) is 16.6 Å². The van der Waals surface area contributed by atoms with Gasteiger partial charge in [-0.2, -0.15) is 0 Å². The van der Waals surface area contributed by atoms with Gasteiger partial charge in [-0.1, -0.05) is 36.8 Å². The van der Waals surface area contributed by atoms with Crippen molar-refractivity contribution in [2.75, 3.05) is 0 Å². The van der Waals surface area contributed by atoms with Crippen LogP contribution in [0.15, 0.2) is 30.3 Å². The summed E-state index contributed by atoms with van der Waals surface area (Å²) >= 11 is 0. The van der Waals surface area contributed by atoms with E-state index in [4.69, 9.17) is 5.73 Å². The van der Waals surface area contributed by atoms with Crippen molar-refractivity contribution in [2.24, 2.45) is 11.7 Å². The zero-order valence-corrected chi connectivity index (χ0v) is 9.23. The van der Waals surface area contributed by atoms with Crippen molar-refractivity contribution in [1.29, 1.82) is 0 Å². The predicted molar refractivity (Wildman–Crippen MR) is 62.0 cm³/mol. The molecule has 1 fully saturated rings. The van der Waals surface area contributed by atoms with E-state index in [2.05, 4.69) is 0 Å². The van der Waals surface area contributed by atoms with E-state index in [1.165, 1.54) is 5.56 Å². The summed E-state index contributed by atoms with van der Waals surface area (Å²) in [5.41, 5.74) is 6.15. The Bertz CT molecular complexity index is 377. The van der Waals surface area contributed by atoms with E-state index >= 15 is 0 Å². The summed E-state index contributed by atoms with van der Waals surface area (Å²) in [4.78, 5) is 11.2. The van der Waals surface area contributed by atoms with Gasteiger partial charge in [0.1, 0.15) is 5.54 Å². The van der Waals surface area contributed by atoms with E-state index < -0.39 is 11.5 Å². The first-order valence-electron chi connectivity index (χ1n) is 5.69. The van der Waals surface area contributed by atoms with E-state index in [9.17, 15) is 9.90 Å². The molecule has 1 aliphatic rings. The summed E-state index contributed by atoms with van der Waals surface area (Å²) in [5.74, 6) is -0.793. The monoisotopic (exact) mass is 219 g/mol. The number of carboxylic acid groups (broad SMARTS) is 1. The van der Waals surface area contributed by atoms with Gasteiger partial charge in [-0.15, -0.1) is 0 Å². The number of hydrogen-bond donors (Lipinski definition) is 2. The van der Waals surface area contributed by atoms with Crippen LogP contribution in [0.5, 0.6) is 0 Å². The first-order valence-corrected chi connectivity index (χ1v) is 5.69. The third-order valence-electron chi connectivity index (χ3n) is 3.59. The summed E-state index contributed by atoms with van der Waals surface area (Å²) in [6.45, 7) is 0. The SMILES string of the molecule is N[C@]1(C(=O)O)CCC[C@H]1Cc1ccccc1. The minimum atomic E-state index is -1.02. The molecule has 0 amide bonds. The van der Waals surface area contributed by atoms with Crippen LogP contribution < -0.4 is 5.73 Å². The van der Waals surface area contributed by atoms with Gasteiger partial charge in [0.2, 0.25) is 0 Å². The van der Waals surface area contributed by atoms with Gasteiger partial charge in [0.05, 0.1) is 0 Å². The molecule has 3 heteroatoms. The maximum atomic E-state index is 11.2. The average Bonchev–Trinajstić information content (AvgIpc) is 2.63. The van der Waals surface area contributed by atoms with Gasteiger partial charge in [-0.25, -0.2) is 0 Å². The van der Waals surface area contributed by atoms with Crippen LogP contribution in [0.4, 0.5) is 0 Å². The molecule has 1 aromatic rings. The first kappa shape index (κ1) is 11.1. The lowest BCUT2D eigenvalue weighted by atomic mass is 9.83. The number of aliphatic carboxylic acids is 1. The van der Waals surface area contributed by atoms with Crippen molar-refractivity contribution in [1.82, 2.24) is 0 Å². The Morgan fingerprint density at radius 1 is 1.44 bits per heavy atom. The number of carboxylic acids is 1. The first-order chi connectivity index (χ1) is 7.63. The molecule has 0 aliphatic heterocycles. The van der Waals surface area contributed by atoms with Crippen LogP contribution in [0.3, 0.4) is 0 Å². The topological polar surface area (TPSA) is 63.3 Å². The standard InChI is InChI=1S/C13H17NO2/c14-13(12(15)16)8-4-7-11(13)9-10-5-2-1-3-6-10/h1-3,5-6,11H,4,7-9,14H2,(H,15,16)/t11-,13+/m0/s1. The maximum absolute atomic E-state index is 11.2. The molecule has 0 radical (unpaired) electrons. The molecule has 3 nitrogen and oxygen atoms in total. The third kappa shape index (κ3) is 1.95. The van der Waals surface area contributed by atoms with Gasteiger partial charge in [-0.05, 0) is 30.7 Å². The van der Waals surface area contributed by atoms with Crippen molar-refractivity contribution in [3.8, 4) is 0 Å². The molecule has 1 saturated carbocycles. The van der Waals surface area contributed by atoms with Gasteiger partial charge in [0, 0.05) is 0 Å². The van der Waals surface area contributed by atoms with Crippen LogP contribution in [0.25, 0.3) is 0 Å². The van der Waals surface area contributed by atoms with Crippen LogP contribution in [0, 0.1) is 5.92 Å². The van der Waals surface area contributed by atoms with Crippen LogP contribution in [-0.2, 0) is 11.2 Å². The maximum Gasteiger partial charge on any atom is 0.323 e. The second kappa shape index (κ2) is 4.26. The third-order valence-corrected chi connectivity index (χ3v) is 3.59. The van der Waals surface area contributed by atoms with Gasteiger partial charge in [-0.3, -0.25) is 4.79 Å². The number of rotatable bonds is 3. The van der Waals surface area contributed by atoms with E-state index in [0.29, 0.717) is 6.42 Å². The summed E-state index contributed by atoms with van der Waals surface area (Å²) in [6.07, 6.45) is 3.20. The summed E-state index contributed by atoms with van der Waals surface area (Å²) < 4.78 is 0. The van der Waals surface area contributed by atoms with Gasteiger partial charge in [0.25, 0.3) is 0 Å². The molecule has 1 aliphatic carbocycles. The van der Waals surface area contributed by atoms with Crippen LogP contribution in [0.2, 0.25) is 0 Å². The quantitative estimate of drug-likeness (QED) is 0.815. The Morgan fingerprint density at radius 2 is 2.12 bits per heavy atom. The molecule has 3 N–H and O–H groups in total. The lowest BCUT2D eigenvalue weighted by molar-refractivity contribution is -0.144. The van der Waals surface area contributed by atoms with Crippen LogP contribution in [0.1, 0.15) is 24.8 Å². The predicted octanol–water partition coefficient (Wildman–Crippen LogP) is 1.81. The van der Waals surface area contributed by atoms with Crippen molar-refractivity contribution >= 4 is 5.97 Å². The highest BCUT2D eigenvalue weighted by Crippen LogP contribution is 2.36. The molecule has 16 heavy (non-hydrogen) atoms. The fourth-order valence-electron chi connectivity index (χ4n) is 2.57. The lowest BCUT2D eigenvalue weighted by Gasteiger charge is -2.26. The number of hydrogen-bond acceptors (Lipinski definition) is 2. The normalized spacial score (nSPS) is 29.2. The molecule has 0 bridgehead atoms. The lowest BCUT2D eigenvalue weighted by Crippen LogP contribution is -2.51. The molecular formula is C13H17NO2. The Kier molecular flexibility index (Phi) is 2.97. The van der Waals surface area contributed by atoms with Crippen molar-refractivity contribution in [3.63, 3.8) is 0 Å². The van der Waals surface area contributed by atoms with Crippen molar-refractivity contribution in [2.45, 2.75) is 31.2 Å². The molecular weight excluding hydrogens is 202 g/mol. The van der Waals surface area contributed by atoms with E-state index in [-0.39, 0.29) is 5.92 Å². The Hall–Kier alpha value is -1.35. The molecule has 0 spiro atoms. The molecule has 0 aromatic heterocycles. The minimum absolute atomic E-state index is 0.0624. The Labute approximate surface area is 95.3 Å². The van der Waals surface area contributed by atoms with E-state index in [0.717, 1.165) is 19.3 Å². The van der Waals surface area contributed by atoms with Gasteiger partial charge in [0.15, 0.2) is 0 Å². The second-order valence-corrected chi connectivity index (χ2v) is 4.62. The van der Waals surface area contributed by atoms with Crippen molar-refractivity contribution in [3.05, 3.63) is 35.9 Å².